The van der Waals surface area contributed by atoms with Crippen LogP contribution < -0.4 is 0 Å². The van der Waals surface area contributed by atoms with Crippen LogP contribution in [0.4, 0.5) is 0 Å². The molecular weight excluding hydrogens is 484 g/mol. The Balaban J connectivity index is 1.31. The molecule has 0 saturated carbocycles. The molecule has 2 heterocycles. The lowest BCUT2D eigenvalue weighted by molar-refractivity contribution is 0.661. The molecule has 40 heavy (non-hydrogen) atoms. The highest BCUT2D eigenvalue weighted by Gasteiger charge is 2.36. The van der Waals surface area contributed by atoms with Crippen molar-refractivity contribution in [1.82, 2.24) is 9.55 Å². The number of hydrogen-bond donors (Lipinski definition) is 0. The van der Waals surface area contributed by atoms with E-state index in [1.165, 1.54) is 60.9 Å². The fraction of sp³-hybridized carbons (Fsp3) is 0.0789. The van der Waals surface area contributed by atoms with Crippen LogP contribution in [0.3, 0.4) is 0 Å². The van der Waals surface area contributed by atoms with Crippen LogP contribution in [0, 0.1) is 0 Å². The largest absolute Gasteiger partial charge is 0.309 e. The molecule has 0 unspecified atom stereocenters. The summed E-state index contributed by atoms with van der Waals surface area (Å²) in [5, 5.41) is 2.59. The zero-order chi connectivity index (χ0) is 26.8. The number of hydrogen-bond acceptors (Lipinski definition) is 1. The Labute approximate surface area is 234 Å². The number of nitrogens with zero attached hydrogens (tertiary/aromatic N) is 2. The topological polar surface area (TPSA) is 17.8 Å². The molecule has 190 valence electrons. The van der Waals surface area contributed by atoms with E-state index in [4.69, 9.17) is 0 Å². The summed E-state index contributed by atoms with van der Waals surface area (Å²) in [6.07, 6.45) is 1.85. The van der Waals surface area contributed by atoms with Gasteiger partial charge in [-0.3, -0.25) is 4.98 Å². The van der Waals surface area contributed by atoms with Gasteiger partial charge in [0.05, 0.1) is 16.7 Å². The highest BCUT2D eigenvalue weighted by Crippen LogP contribution is 2.52. The number of para-hydroxylation sites is 2. The predicted molar refractivity (Wildman–Crippen MR) is 167 cm³/mol. The van der Waals surface area contributed by atoms with Crippen LogP contribution in [0.5, 0.6) is 0 Å². The summed E-state index contributed by atoms with van der Waals surface area (Å²) in [4.78, 5) is 4.56. The highest BCUT2D eigenvalue weighted by molar-refractivity contribution is 6.11. The van der Waals surface area contributed by atoms with Gasteiger partial charge in [0.15, 0.2) is 0 Å². The predicted octanol–water partition coefficient (Wildman–Crippen LogP) is 9.82. The Morgan fingerprint density at radius 2 is 1.27 bits per heavy atom. The first-order valence-corrected chi connectivity index (χ1v) is 13.9. The molecule has 0 radical (unpaired) electrons. The van der Waals surface area contributed by atoms with Gasteiger partial charge in [0.2, 0.25) is 0 Å². The Morgan fingerprint density at radius 1 is 0.525 bits per heavy atom. The Bertz CT molecular complexity index is 2060. The fourth-order valence-corrected chi connectivity index (χ4v) is 6.62. The maximum absolute atomic E-state index is 4.56. The van der Waals surface area contributed by atoms with E-state index in [0.29, 0.717) is 0 Å². The van der Waals surface area contributed by atoms with Crippen LogP contribution in [0.1, 0.15) is 25.0 Å². The van der Waals surface area contributed by atoms with Gasteiger partial charge in [-0.2, -0.15) is 0 Å². The molecule has 0 saturated heterocycles. The lowest BCUT2D eigenvalue weighted by atomic mass is 9.81. The van der Waals surface area contributed by atoms with Crippen molar-refractivity contribution in [3.63, 3.8) is 0 Å². The van der Waals surface area contributed by atoms with Crippen molar-refractivity contribution in [2.45, 2.75) is 19.3 Å². The molecule has 1 aliphatic rings. The van der Waals surface area contributed by atoms with Crippen molar-refractivity contribution < 1.29 is 0 Å². The van der Waals surface area contributed by atoms with E-state index in [1.54, 1.807) is 0 Å². The molecule has 0 N–H and O–H groups in total. The van der Waals surface area contributed by atoms with Crippen LogP contribution in [0.15, 0.2) is 134 Å². The summed E-state index contributed by atoms with van der Waals surface area (Å²) in [5.74, 6) is 0. The molecule has 0 fully saturated rings. The standard InChI is InChI=1S/C38H28N2/c1-38(2)33-22-26(25-11-10-12-27(21-25)35-16-8-9-20-39-35)18-19-29(33)31-23-32-30-15-6-7-17-36(30)40(37(32)24-34(31)38)28-13-4-3-5-14-28/h3-24H,1-2H3. The molecule has 2 aromatic heterocycles. The van der Waals surface area contributed by atoms with Crippen molar-refractivity contribution in [3.8, 4) is 39.2 Å². The minimum atomic E-state index is -0.120. The molecule has 7 aromatic rings. The molecule has 0 spiro atoms. The van der Waals surface area contributed by atoms with E-state index in [9.17, 15) is 0 Å². The van der Waals surface area contributed by atoms with Gasteiger partial charge in [0.1, 0.15) is 0 Å². The summed E-state index contributed by atoms with van der Waals surface area (Å²) in [7, 11) is 0. The van der Waals surface area contributed by atoms with Gasteiger partial charge in [-0.05, 0) is 88.0 Å². The molecule has 0 bridgehead atoms. The number of benzene rings is 5. The molecular formula is C38H28N2. The van der Waals surface area contributed by atoms with Crippen molar-refractivity contribution in [3.05, 3.63) is 145 Å². The second kappa shape index (κ2) is 8.53. The number of rotatable bonds is 3. The quantitative estimate of drug-likeness (QED) is 0.230. The number of pyridine rings is 1. The van der Waals surface area contributed by atoms with E-state index in [-0.39, 0.29) is 5.41 Å². The van der Waals surface area contributed by atoms with Gasteiger partial charge in [0.25, 0.3) is 0 Å². The Kier molecular flexibility index (Phi) is 4.90. The molecule has 5 aromatic carbocycles. The van der Waals surface area contributed by atoms with Crippen LogP contribution >= 0.6 is 0 Å². The molecule has 0 amide bonds. The summed E-state index contributed by atoms with van der Waals surface area (Å²) >= 11 is 0. The van der Waals surface area contributed by atoms with Crippen LogP contribution in [-0.4, -0.2) is 9.55 Å². The number of aromatic nitrogens is 2. The van der Waals surface area contributed by atoms with E-state index in [1.807, 2.05) is 18.3 Å². The zero-order valence-electron chi connectivity index (χ0n) is 22.6. The normalized spacial score (nSPS) is 13.4. The van der Waals surface area contributed by atoms with Crippen molar-refractivity contribution in [1.29, 1.82) is 0 Å². The smallest absolute Gasteiger partial charge is 0.0702 e. The van der Waals surface area contributed by atoms with Crippen molar-refractivity contribution >= 4 is 21.8 Å². The lowest BCUT2D eigenvalue weighted by Gasteiger charge is -2.22. The molecule has 2 heteroatoms. The van der Waals surface area contributed by atoms with Crippen LogP contribution in [-0.2, 0) is 5.41 Å². The molecule has 2 nitrogen and oxygen atoms in total. The SMILES string of the molecule is CC1(C)c2cc(-c3cccc(-c4ccccn4)c3)ccc2-c2cc3c4ccccc4n(-c4ccccc4)c3cc21. The van der Waals surface area contributed by atoms with Gasteiger partial charge in [0, 0.05) is 33.6 Å². The second-order valence-electron chi connectivity index (χ2n) is 11.3. The first-order chi connectivity index (χ1) is 19.6. The van der Waals surface area contributed by atoms with E-state index in [0.717, 1.165) is 11.3 Å². The van der Waals surface area contributed by atoms with E-state index in [2.05, 4.69) is 139 Å². The Hall–Kier alpha value is -4.95. The molecule has 0 aliphatic heterocycles. The maximum Gasteiger partial charge on any atom is 0.0702 e. The minimum absolute atomic E-state index is 0.120. The minimum Gasteiger partial charge on any atom is -0.309 e. The first-order valence-electron chi connectivity index (χ1n) is 13.9. The fourth-order valence-electron chi connectivity index (χ4n) is 6.62. The lowest BCUT2D eigenvalue weighted by Crippen LogP contribution is -2.15. The third-order valence-corrected chi connectivity index (χ3v) is 8.64. The summed E-state index contributed by atoms with van der Waals surface area (Å²) in [6, 6.07) is 46.2. The van der Waals surface area contributed by atoms with Gasteiger partial charge in [-0.15, -0.1) is 0 Å². The summed E-state index contributed by atoms with van der Waals surface area (Å²) in [5.41, 5.74) is 13.6. The zero-order valence-corrected chi connectivity index (χ0v) is 22.6. The number of fused-ring (bicyclic) bond motifs is 6. The van der Waals surface area contributed by atoms with Gasteiger partial charge in [-0.1, -0.05) is 86.6 Å². The first kappa shape index (κ1) is 23.0. The van der Waals surface area contributed by atoms with Crippen LogP contribution in [0.25, 0.3) is 61.0 Å². The van der Waals surface area contributed by atoms with Gasteiger partial charge in [-0.25, -0.2) is 0 Å². The average molecular weight is 513 g/mol. The van der Waals surface area contributed by atoms with Gasteiger partial charge >= 0.3 is 0 Å². The summed E-state index contributed by atoms with van der Waals surface area (Å²) < 4.78 is 2.42. The molecule has 8 rings (SSSR count). The third-order valence-electron chi connectivity index (χ3n) is 8.64. The summed E-state index contributed by atoms with van der Waals surface area (Å²) in [6.45, 7) is 4.74. The van der Waals surface area contributed by atoms with Crippen molar-refractivity contribution in [2.24, 2.45) is 0 Å². The van der Waals surface area contributed by atoms with Crippen LogP contribution in [0.2, 0.25) is 0 Å². The highest BCUT2D eigenvalue weighted by atomic mass is 15.0. The molecule has 0 atom stereocenters. The van der Waals surface area contributed by atoms with Gasteiger partial charge < -0.3 is 4.57 Å². The monoisotopic (exact) mass is 512 g/mol. The second-order valence-corrected chi connectivity index (χ2v) is 11.3. The Morgan fingerprint density at radius 3 is 2.12 bits per heavy atom. The third kappa shape index (κ3) is 3.32. The van der Waals surface area contributed by atoms with Crippen molar-refractivity contribution in [2.75, 3.05) is 0 Å². The van der Waals surface area contributed by atoms with E-state index >= 15 is 0 Å². The average Bonchev–Trinajstić information content (AvgIpc) is 3.45. The molecule has 1 aliphatic carbocycles. The van der Waals surface area contributed by atoms with E-state index < -0.39 is 0 Å². The maximum atomic E-state index is 4.56.